The van der Waals surface area contributed by atoms with Crippen molar-refractivity contribution in [2.45, 2.75) is 24.5 Å². The number of nitrogens with zero attached hydrogens (tertiary/aromatic N) is 1. The minimum atomic E-state index is -0.0227. The van der Waals surface area contributed by atoms with Crippen LogP contribution in [0.1, 0.15) is 34.3 Å². The predicted octanol–water partition coefficient (Wildman–Crippen LogP) is 6.37. The molecule has 0 radical (unpaired) electrons. The average Bonchev–Trinajstić information content (AvgIpc) is 3.07. The molecule has 1 saturated heterocycles. The van der Waals surface area contributed by atoms with Gasteiger partial charge in [-0.1, -0.05) is 72.3 Å². The van der Waals surface area contributed by atoms with Crippen molar-refractivity contribution in [1.29, 1.82) is 0 Å². The fourth-order valence-electron chi connectivity index (χ4n) is 4.49. The largest absolute Gasteiger partial charge is 0.260 e. The van der Waals surface area contributed by atoms with Crippen LogP contribution in [0.2, 0.25) is 0 Å². The second-order valence-corrected chi connectivity index (χ2v) is 8.57. The lowest BCUT2D eigenvalue weighted by Gasteiger charge is -2.41. The third kappa shape index (κ3) is 2.36. The van der Waals surface area contributed by atoms with Gasteiger partial charge in [-0.15, -0.1) is 11.8 Å². The van der Waals surface area contributed by atoms with Crippen LogP contribution in [-0.4, -0.2) is 6.21 Å². The van der Waals surface area contributed by atoms with Gasteiger partial charge in [-0.3, -0.25) is 4.99 Å². The van der Waals surface area contributed by atoms with Gasteiger partial charge in [0.1, 0.15) is 0 Å². The molecule has 0 amide bonds. The number of aryl methyl sites for hydroxylation is 1. The van der Waals surface area contributed by atoms with Crippen LogP contribution in [0.25, 0.3) is 0 Å². The lowest BCUT2D eigenvalue weighted by molar-refractivity contribution is 0.373. The molecule has 128 valence electrons. The van der Waals surface area contributed by atoms with Crippen molar-refractivity contribution in [2.75, 3.05) is 0 Å². The normalized spacial score (nSPS) is 29.0. The van der Waals surface area contributed by atoms with Crippen molar-refractivity contribution in [2.24, 2.45) is 10.4 Å². The van der Waals surface area contributed by atoms with Gasteiger partial charge in [-0.2, -0.15) is 0 Å². The fraction of sp³-hybridized carbons (Fsp3) is 0.208. The molecular weight excluding hydrogens is 334 g/mol. The molecule has 2 aromatic rings. The van der Waals surface area contributed by atoms with Gasteiger partial charge in [-0.05, 0) is 36.6 Å². The van der Waals surface area contributed by atoms with Crippen molar-refractivity contribution in [3.05, 3.63) is 106 Å². The maximum atomic E-state index is 4.80. The van der Waals surface area contributed by atoms with Crippen molar-refractivity contribution in [3.63, 3.8) is 0 Å². The molecule has 2 heteroatoms. The van der Waals surface area contributed by atoms with E-state index in [2.05, 4.69) is 85.8 Å². The Morgan fingerprint density at radius 1 is 0.962 bits per heavy atom. The van der Waals surface area contributed by atoms with Gasteiger partial charge in [0.15, 0.2) is 0 Å². The summed E-state index contributed by atoms with van der Waals surface area (Å²) >= 11 is 2.02. The maximum absolute atomic E-state index is 4.80. The number of dihydropyridines is 1. The van der Waals surface area contributed by atoms with Crippen LogP contribution >= 0.6 is 11.8 Å². The Kier molecular flexibility index (Phi) is 3.75. The summed E-state index contributed by atoms with van der Waals surface area (Å²) in [4.78, 5) is 6.26. The summed E-state index contributed by atoms with van der Waals surface area (Å²) in [6.45, 7) is 2.15. The zero-order valence-electron chi connectivity index (χ0n) is 14.8. The quantitative estimate of drug-likeness (QED) is 0.610. The maximum Gasteiger partial charge on any atom is 0.0552 e. The van der Waals surface area contributed by atoms with Gasteiger partial charge in [0, 0.05) is 22.3 Å². The molecule has 1 aliphatic carbocycles. The molecule has 5 rings (SSSR count). The van der Waals surface area contributed by atoms with Gasteiger partial charge in [-0.25, -0.2) is 0 Å². The number of hydrogen-bond donors (Lipinski definition) is 0. The van der Waals surface area contributed by atoms with E-state index < -0.39 is 0 Å². The van der Waals surface area contributed by atoms with E-state index in [1.54, 1.807) is 0 Å². The Bertz CT molecular complexity index is 949. The first-order valence-electron chi connectivity index (χ1n) is 9.19. The van der Waals surface area contributed by atoms with E-state index >= 15 is 0 Å². The summed E-state index contributed by atoms with van der Waals surface area (Å²) in [5.41, 5.74) is 5.31. The second kappa shape index (κ2) is 6.14. The Morgan fingerprint density at radius 3 is 2.58 bits per heavy atom. The summed E-state index contributed by atoms with van der Waals surface area (Å²) < 4.78 is 0. The SMILES string of the molecule is Cc1ccc(C2CC34C(=CC=CC3c3ccccc3)N=CC=C4S2)cc1. The number of benzene rings is 2. The van der Waals surface area contributed by atoms with Gasteiger partial charge in [0.25, 0.3) is 0 Å². The molecule has 26 heavy (non-hydrogen) atoms. The molecule has 0 aromatic heterocycles. The van der Waals surface area contributed by atoms with E-state index in [4.69, 9.17) is 4.99 Å². The van der Waals surface area contributed by atoms with E-state index in [9.17, 15) is 0 Å². The molecule has 1 spiro atoms. The molecule has 0 N–H and O–H groups in total. The van der Waals surface area contributed by atoms with E-state index in [0.717, 1.165) is 6.42 Å². The summed E-state index contributed by atoms with van der Waals surface area (Å²) in [5.74, 6) is 0.343. The molecule has 2 aromatic carbocycles. The number of hydrogen-bond acceptors (Lipinski definition) is 2. The van der Waals surface area contributed by atoms with E-state index in [1.165, 1.54) is 27.3 Å². The van der Waals surface area contributed by atoms with Crippen LogP contribution in [0, 0.1) is 12.3 Å². The minimum Gasteiger partial charge on any atom is -0.260 e. The first-order valence-corrected chi connectivity index (χ1v) is 10.1. The molecule has 3 atom stereocenters. The predicted molar refractivity (Wildman–Crippen MR) is 112 cm³/mol. The van der Waals surface area contributed by atoms with Crippen LogP contribution < -0.4 is 0 Å². The van der Waals surface area contributed by atoms with Crippen molar-refractivity contribution >= 4 is 18.0 Å². The topological polar surface area (TPSA) is 12.4 Å². The zero-order chi connectivity index (χ0) is 17.6. The molecule has 3 unspecified atom stereocenters. The highest BCUT2D eigenvalue weighted by Gasteiger charge is 2.53. The Hall–Kier alpha value is -2.32. The van der Waals surface area contributed by atoms with E-state index in [1.807, 2.05) is 18.0 Å². The van der Waals surface area contributed by atoms with Crippen LogP contribution in [0.5, 0.6) is 0 Å². The second-order valence-electron chi connectivity index (χ2n) is 7.33. The molecule has 3 aliphatic rings. The Labute approximate surface area is 159 Å². The van der Waals surface area contributed by atoms with Crippen molar-refractivity contribution < 1.29 is 0 Å². The van der Waals surface area contributed by atoms with Gasteiger partial charge >= 0.3 is 0 Å². The molecule has 0 saturated carbocycles. The van der Waals surface area contributed by atoms with Crippen LogP contribution in [0.4, 0.5) is 0 Å². The standard InChI is InChI=1S/C24H21NS/c1-17-10-12-19(13-11-17)21-16-24-20(18-6-3-2-4-7-18)8-5-9-22(24)25-15-14-23(24)26-21/h2-15,20-21H,16H2,1H3. The van der Waals surface area contributed by atoms with Gasteiger partial charge in [0.05, 0.1) is 11.1 Å². The molecule has 0 bridgehead atoms. The summed E-state index contributed by atoms with van der Waals surface area (Å²) in [6.07, 6.45) is 12.1. The monoisotopic (exact) mass is 355 g/mol. The van der Waals surface area contributed by atoms with Gasteiger partial charge in [0.2, 0.25) is 0 Å². The first-order chi connectivity index (χ1) is 12.8. The molecule has 2 heterocycles. The van der Waals surface area contributed by atoms with Crippen LogP contribution in [-0.2, 0) is 0 Å². The van der Waals surface area contributed by atoms with Crippen LogP contribution in [0.3, 0.4) is 0 Å². The Balaban J connectivity index is 1.61. The average molecular weight is 356 g/mol. The summed E-state index contributed by atoms with van der Waals surface area (Å²) in [6, 6.07) is 19.9. The smallest absolute Gasteiger partial charge is 0.0552 e. The minimum absolute atomic E-state index is 0.0227. The fourth-order valence-corrected chi connectivity index (χ4v) is 6.10. The van der Waals surface area contributed by atoms with Crippen molar-refractivity contribution in [1.82, 2.24) is 0 Å². The first kappa shape index (κ1) is 15.9. The number of thioether (sulfide) groups is 1. The highest BCUT2D eigenvalue weighted by Crippen LogP contribution is 2.67. The lowest BCUT2D eigenvalue weighted by Crippen LogP contribution is -2.31. The van der Waals surface area contributed by atoms with Gasteiger partial charge < -0.3 is 0 Å². The summed E-state index contributed by atoms with van der Waals surface area (Å²) in [7, 11) is 0. The third-order valence-electron chi connectivity index (χ3n) is 5.81. The Morgan fingerprint density at radius 2 is 1.77 bits per heavy atom. The summed E-state index contributed by atoms with van der Waals surface area (Å²) in [5, 5.41) is 0.477. The zero-order valence-corrected chi connectivity index (χ0v) is 15.6. The lowest BCUT2D eigenvalue weighted by atomic mass is 9.64. The number of aliphatic imine (C=N–C) groups is 1. The molecule has 1 nitrogen and oxygen atoms in total. The highest BCUT2D eigenvalue weighted by atomic mass is 32.2. The number of rotatable bonds is 2. The van der Waals surface area contributed by atoms with Crippen molar-refractivity contribution in [3.8, 4) is 0 Å². The number of allylic oxidation sites excluding steroid dienone is 5. The van der Waals surface area contributed by atoms with E-state index in [-0.39, 0.29) is 5.41 Å². The molecule has 2 aliphatic heterocycles. The molecular formula is C24H21NS. The highest BCUT2D eigenvalue weighted by molar-refractivity contribution is 8.03. The third-order valence-corrected chi connectivity index (χ3v) is 7.29. The van der Waals surface area contributed by atoms with E-state index in [0.29, 0.717) is 11.2 Å². The molecule has 1 fully saturated rings. The van der Waals surface area contributed by atoms with Crippen LogP contribution in [0.15, 0.2) is 94.5 Å².